The number of unbranched alkanes of at least 4 members (excludes halogenated alkanes) is 14. The van der Waals surface area contributed by atoms with Crippen LogP contribution in [0.2, 0.25) is 0 Å². The lowest BCUT2D eigenvalue weighted by molar-refractivity contribution is -0.135. The van der Waals surface area contributed by atoms with Gasteiger partial charge in [0.2, 0.25) is 0 Å². The standard InChI is InChI=1S/C46H83NO2/c1-4-6-16-24-37-29-41(37)33-43-31-39(43)26-20-14-10-8-9-12-18-22-36(28-45(47-3)35-46(48)49)23-19-13-11-15-21-27-40-32-44(40)34-42-30-38(42)25-17-7-5-2/h36-44H,4-35H2,1-3H3,(H,48,49). The van der Waals surface area contributed by atoms with E-state index in [4.69, 9.17) is 0 Å². The zero-order valence-corrected chi connectivity index (χ0v) is 33.1. The molecule has 9 atom stereocenters. The van der Waals surface area contributed by atoms with E-state index in [-0.39, 0.29) is 6.42 Å². The molecule has 4 fully saturated rings. The first-order valence-corrected chi connectivity index (χ1v) is 22.7. The highest BCUT2D eigenvalue weighted by Crippen LogP contribution is 2.55. The van der Waals surface area contributed by atoms with Crippen LogP contribution in [-0.2, 0) is 4.79 Å². The van der Waals surface area contributed by atoms with Gasteiger partial charge in [-0.15, -0.1) is 0 Å². The SMILES string of the molecule is CCCCCC1CC1CC1CC1CCCCCCCCCC(CCCCCCCC1CC1CC1CC1CCCCC)CC(CC(=O)O)=NC. The highest BCUT2D eigenvalue weighted by molar-refractivity contribution is 5.98. The summed E-state index contributed by atoms with van der Waals surface area (Å²) in [7, 11) is 1.79. The number of aliphatic carboxylic acids is 1. The molecule has 0 heterocycles. The molecule has 49 heavy (non-hydrogen) atoms. The van der Waals surface area contributed by atoms with Crippen LogP contribution >= 0.6 is 0 Å². The van der Waals surface area contributed by atoms with Crippen molar-refractivity contribution in [3.63, 3.8) is 0 Å². The lowest BCUT2D eigenvalue weighted by Gasteiger charge is -2.18. The molecule has 4 saturated carbocycles. The molecule has 0 aromatic rings. The average molecular weight is 682 g/mol. The van der Waals surface area contributed by atoms with Gasteiger partial charge in [-0.2, -0.15) is 0 Å². The molecule has 284 valence electrons. The van der Waals surface area contributed by atoms with E-state index in [1.54, 1.807) is 45.6 Å². The summed E-state index contributed by atoms with van der Waals surface area (Å²) >= 11 is 0. The minimum Gasteiger partial charge on any atom is -0.481 e. The Kier molecular flexibility index (Phi) is 19.7. The second-order valence-corrected chi connectivity index (χ2v) is 18.3. The van der Waals surface area contributed by atoms with Gasteiger partial charge in [0.15, 0.2) is 0 Å². The van der Waals surface area contributed by atoms with Crippen LogP contribution in [0.1, 0.15) is 219 Å². The zero-order valence-electron chi connectivity index (χ0n) is 33.1. The molecule has 1 N–H and O–H groups in total. The number of carbonyl (C=O) groups is 1. The fraction of sp³-hybridized carbons (Fsp3) is 0.957. The number of carboxylic acid groups (broad SMARTS) is 1. The Morgan fingerprint density at radius 2 is 0.878 bits per heavy atom. The number of carboxylic acids is 1. The maximum Gasteiger partial charge on any atom is 0.309 e. The molecule has 0 aromatic carbocycles. The molecule has 4 aliphatic carbocycles. The van der Waals surface area contributed by atoms with Crippen molar-refractivity contribution in [1.29, 1.82) is 0 Å². The zero-order chi connectivity index (χ0) is 34.7. The van der Waals surface area contributed by atoms with Gasteiger partial charge >= 0.3 is 5.97 Å². The largest absolute Gasteiger partial charge is 0.481 e. The molecule has 0 aliphatic heterocycles. The normalized spacial score (nSPS) is 29.2. The summed E-state index contributed by atoms with van der Waals surface area (Å²) in [4.78, 5) is 15.8. The number of nitrogens with zero attached hydrogens (tertiary/aromatic N) is 1. The lowest BCUT2D eigenvalue weighted by atomic mass is 9.89. The van der Waals surface area contributed by atoms with E-state index >= 15 is 0 Å². The molecule has 0 radical (unpaired) electrons. The molecule has 9 unspecified atom stereocenters. The second-order valence-electron chi connectivity index (χ2n) is 18.3. The summed E-state index contributed by atoms with van der Waals surface area (Å²) in [6, 6.07) is 0. The lowest BCUT2D eigenvalue weighted by Crippen LogP contribution is -2.13. The van der Waals surface area contributed by atoms with Crippen molar-refractivity contribution in [2.24, 2.45) is 58.3 Å². The molecule has 0 aromatic heterocycles. The van der Waals surface area contributed by atoms with Gasteiger partial charge in [-0.05, 0) is 98.2 Å². The fourth-order valence-electron chi connectivity index (χ4n) is 10.1. The van der Waals surface area contributed by atoms with Crippen molar-refractivity contribution in [1.82, 2.24) is 0 Å². The number of hydrogen-bond acceptors (Lipinski definition) is 2. The topological polar surface area (TPSA) is 49.7 Å². The summed E-state index contributed by atoms with van der Waals surface area (Å²) in [6.45, 7) is 4.65. The third-order valence-electron chi connectivity index (χ3n) is 13.9. The smallest absolute Gasteiger partial charge is 0.309 e. The third-order valence-corrected chi connectivity index (χ3v) is 13.9. The van der Waals surface area contributed by atoms with Crippen molar-refractivity contribution < 1.29 is 9.90 Å². The number of hydrogen-bond donors (Lipinski definition) is 1. The molecule has 4 aliphatic rings. The first kappa shape index (κ1) is 40.9. The van der Waals surface area contributed by atoms with E-state index in [9.17, 15) is 9.90 Å². The van der Waals surface area contributed by atoms with Gasteiger partial charge in [0, 0.05) is 12.8 Å². The predicted octanol–water partition coefficient (Wildman–Crippen LogP) is 14.3. The van der Waals surface area contributed by atoms with Crippen molar-refractivity contribution >= 4 is 11.7 Å². The molecule has 0 amide bonds. The van der Waals surface area contributed by atoms with Crippen molar-refractivity contribution in [3.05, 3.63) is 0 Å². The van der Waals surface area contributed by atoms with Gasteiger partial charge in [0.25, 0.3) is 0 Å². The van der Waals surface area contributed by atoms with E-state index in [2.05, 4.69) is 18.8 Å². The van der Waals surface area contributed by atoms with Crippen molar-refractivity contribution in [2.45, 2.75) is 219 Å². The molecule has 0 saturated heterocycles. The van der Waals surface area contributed by atoms with Crippen LogP contribution in [0.25, 0.3) is 0 Å². The van der Waals surface area contributed by atoms with Gasteiger partial charge in [-0.25, -0.2) is 0 Å². The molecular formula is C46H83NO2. The Bertz CT molecular complexity index is 913. The van der Waals surface area contributed by atoms with E-state index in [0.717, 1.165) is 59.5 Å². The minimum atomic E-state index is -0.729. The maximum atomic E-state index is 11.4. The van der Waals surface area contributed by atoms with Crippen LogP contribution in [-0.4, -0.2) is 23.8 Å². The first-order valence-electron chi connectivity index (χ1n) is 22.7. The van der Waals surface area contributed by atoms with E-state index in [1.165, 1.54) is 154 Å². The van der Waals surface area contributed by atoms with Crippen molar-refractivity contribution in [2.75, 3.05) is 7.05 Å². The van der Waals surface area contributed by atoms with Gasteiger partial charge in [0.1, 0.15) is 0 Å². The van der Waals surface area contributed by atoms with Crippen LogP contribution in [0.4, 0.5) is 0 Å². The molecular weight excluding hydrogens is 599 g/mol. The fourth-order valence-corrected chi connectivity index (χ4v) is 10.1. The predicted molar refractivity (Wildman–Crippen MR) is 211 cm³/mol. The van der Waals surface area contributed by atoms with Gasteiger partial charge in [-0.1, -0.05) is 168 Å². The number of aliphatic imine (C=N–C) groups is 1. The third kappa shape index (κ3) is 18.0. The number of rotatable bonds is 34. The van der Waals surface area contributed by atoms with E-state index in [1.807, 2.05) is 0 Å². The Balaban J connectivity index is 0.954. The van der Waals surface area contributed by atoms with E-state index < -0.39 is 5.97 Å². The monoisotopic (exact) mass is 682 g/mol. The van der Waals surface area contributed by atoms with Crippen LogP contribution in [0.3, 0.4) is 0 Å². The molecule has 3 heteroatoms. The van der Waals surface area contributed by atoms with Gasteiger partial charge in [0.05, 0.1) is 6.42 Å². The van der Waals surface area contributed by atoms with Crippen LogP contribution in [0.5, 0.6) is 0 Å². The highest BCUT2D eigenvalue weighted by atomic mass is 16.4. The minimum absolute atomic E-state index is 0.122. The molecule has 0 spiro atoms. The van der Waals surface area contributed by atoms with Crippen LogP contribution in [0.15, 0.2) is 4.99 Å². The van der Waals surface area contributed by atoms with Crippen LogP contribution in [0, 0.1) is 53.3 Å². The van der Waals surface area contributed by atoms with E-state index in [0.29, 0.717) is 5.92 Å². The van der Waals surface area contributed by atoms with Gasteiger partial charge < -0.3 is 5.11 Å². The summed E-state index contributed by atoms with van der Waals surface area (Å²) < 4.78 is 0. The molecule has 3 nitrogen and oxygen atoms in total. The second kappa shape index (κ2) is 23.7. The quantitative estimate of drug-likeness (QED) is 0.0543. The summed E-state index contributed by atoms with van der Waals surface area (Å²) in [5.41, 5.74) is 0.900. The Labute approximate surface area is 305 Å². The summed E-state index contributed by atoms with van der Waals surface area (Å²) in [5.74, 6) is 8.68. The highest BCUT2D eigenvalue weighted by Gasteiger charge is 2.45. The average Bonchev–Trinajstić information content (AvgIpc) is 3.91. The Morgan fingerprint density at radius 3 is 1.22 bits per heavy atom. The summed E-state index contributed by atoms with van der Waals surface area (Å²) in [6.07, 6.45) is 44.2. The molecule has 0 bridgehead atoms. The Hall–Kier alpha value is -0.860. The van der Waals surface area contributed by atoms with Crippen LogP contribution < -0.4 is 0 Å². The maximum absolute atomic E-state index is 11.4. The molecule has 4 rings (SSSR count). The van der Waals surface area contributed by atoms with Gasteiger partial charge in [-0.3, -0.25) is 9.79 Å². The Morgan fingerprint density at radius 1 is 0.531 bits per heavy atom. The van der Waals surface area contributed by atoms with Crippen molar-refractivity contribution in [3.8, 4) is 0 Å². The first-order chi connectivity index (χ1) is 24.0. The summed E-state index contributed by atoms with van der Waals surface area (Å²) in [5, 5.41) is 9.36.